The molecule has 0 atom stereocenters. The first-order chi connectivity index (χ1) is 9.92. The van der Waals surface area contributed by atoms with E-state index in [0.717, 1.165) is 24.8 Å². The Bertz CT molecular complexity index is 550. The van der Waals surface area contributed by atoms with Gasteiger partial charge in [-0.15, -0.1) is 0 Å². The summed E-state index contributed by atoms with van der Waals surface area (Å²) in [5.41, 5.74) is 0.738. The summed E-state index contributed by atoms with van der Waals surface area (Å²) in [6.45, 7) is 1.90. The van der Waals surface area contributed by atoms with Gasteiger partial charge in [-0.05, 0) is 37.5 Å². The van der Waals surface area contributed by atoms with E-state index in [2.05, 4.69) is 5.32 Å². The molecular formula is C16H20ClNO3. The number of nitrogens with one attached hydrogen (secondary N) is 1. The lowest BCUT2D eigenvalue weighted by Crippen LogP contribution is -2.51. The van der Waals surface area contributed by atoms with Gasteiger partial charge in [0, 0.05) is 0 Å². The number of hydrogen-bond donors (Lipinski definition) is 2. The summed E-state index contributed by atoms with van der Waals surface area (Å²) >= 11 is 6.12. The second kappa shape index (κ2) is 6.48. The smallest absolute Gasteiger partial charge is 0.305 e. The number of hydrogen-bond acceptors (Lipinski definition) is 2. The Balaban J connectivity index is 2.19. The number of aliphatic carboxylic acids is 1. The molecule has 1 fully saturated rings. The van der Waals surface area contributed by atoms with Crippen LogP contribution in [0.4, 0.5) is 0 Å². The van der Waals surface area contributed by atoms with Gasteiger partial charge in [-0.25, -0.2) is 0 Å². The number of benzene rings is 1. The summed E-state index contributed by atoms with van der Waals surface area (Å²) in [6.07, 6.45) is 4.33. The Labute approximate surface area is 129 Å². The number of amides is 1. The maximum absolute atomic E-state index is 12.4. The number of halogens is 1. The van der Waals surface area contributed by atoms with Crippen LogP contribution in [-0.4, -0.2) is 22.5 Å². The van der Waals surface area contributed by atoms with E-state index in [4.69, 9.17) is 16.7 Å². The Hall–Kier alpha value is -1.55. The van der Waals surface area contributed by atoms with Crippen LogP contribution in [0.1, 0.15) is 54.4 Å². The highest BCUT2D eigenvalue weighted by atomic mass is 35.5. The third-order valence-corrected chi connectivity index (χ3v) is 4.36. The second-order valence-electron chi connectivity index (χ2n) is 5.85. The van der Waals surface area contributed by atoms with Gasteiger partial charge in [0.25, 0.3) is 5.91 Å². The van der Waals surface area contributed by atoms with Gasteiger partial charge >= 0.3 is 5.97 Å². The van der Waals surface area contributed by atoms with Gasteiger partial charge in [0.15, 0.2) is 0 Å². The van der Waals surface area contributed by atoms with Crippen molar-refractivity contribution in [3.05, 3.63) is 34.3 Å². The summed E-state index contributed by atoms with van der Waals surface area (Å²) in [5.74, 6) is -1.17. The Morgan fingerprint density at radius 1 is 1.29 bits per heavy atom. The first-order valence-electron chi connectivity index (χ1n) is 7.22. The zero-order valence-electron chi connectivity index (χ0n) is 12.1. The predicted molar refractivity (Wildman–Crippen MR) is 81.7 cm³/mol. The summed E-state index contributed by atoms with van der Waals surface area (Å²) in [5, 5.41) is 12.5. The molecule has 1 aliphatic rings. The van der Waals surface area contributed by atoms with E-state index in [-0.39, 0.29) is 12.3 Å². The molecule has 2 rings (SSSR count). The minimum Gasteiger partial charge on any atom is -0.481 e. The molecule has 4 nitrogen and oxygen atoms in total. The normalized spacial score (nSPS) is 17.2. The van der Waals surface area contributed by atoms with Crippen LogP contribution in [0.3, 0.4) is 0 Å². The van der Waals surface area contributed by atoms with Gasteiger partial charge < -0.3 is 10.4 Å². The highest BCUT2D eigenvalue weighted by Crippen LogP contribution is 2.32. The number of carboxylic acids is 1. The molecule has 0 spiro atoms. The van der Waals surface area contributed by atoms with Gasteiger partial charge in [-0.2, -0.15) is 0 Å². The monoisotopic (exact) mass is 309 g/mol. The molecule has 0 bridgehead atoms. The van der Waals surface area contributed by atoms with Crippen molar-refractivity contribution in [3.8, 4) is 0 Å². The molecule has 2 N–H and O–H groups in total. The molecule has 1 aromatic carbocycles. The van der Waals surface area contributed by atoms with Gasteiger partial charge in [0.1, 0.15) is 0 Å². The lowest BCUT2D eigenvalue weighted by molar-refractivity contribution is -0.139. The fourth-order valence-corrected chi connectivity index (χ4v) is 3.30. The van der Waals surface area contributed by atoms with E-state index in [0.29, 0.717) is 23.4 Å². The van der Waals surface area contributed by atoms with Crippen LogP contribution in [-0.2, 0) is 4.79 Å². The number of aryl methyl sites for hydroxylation is 1. The lowest BCUT2D eigenvalue weighted by Gasteiger charge is -2.37. The highest BCUT2D eigenvalue weighted by molar-refractivity contribution is 6.33. The van der Waals surface area contributed by atoms with E-state index in [1.54, 1.807) is 12.1 Å². The van der Waals surface area contributed by atoms with Crippen molar-refractivity contribution in [2.24, 2.45) is 0 Å². The van der Waals surface area contributed by atoms with Crippen LogP contribution in [0.5, 0.6) is 0 Å². The number of carbonyl (C=O) groups excluding carboxylic acids is 1. The van der Waals surface area contributed by atoms with Crippen LogP contribution in [0.2, 0.25) is 5.02 Å². The van der Waals surface area contributed by atoms with Crippen molar-refractivity contribution in [1.29, 1.82) is 0 Å². The summed E-state index contributed by atoms with van der Waals surface area (Å²) in [7, 11) is 0. The van der Waals surface area contributed by atoms with Crippen molar-refractivity contribution in [3.63, 3.8) is 0 Å². The minimum absolute atomic E-state index is 0.0395. The van der Waals surface area contributed by atoms with Gasteiger partial charge in [0.2, 0.25) is 0 Å². The summed E-state index contributed by atoms with van der Waals surface area (Å²) in [4.78, 5) is 23.6. The van der Waals surface area contributed by atoms with Crippen LogP contribution < -0.4 is 5.32 Å². The molecule has 0 saturated heterocycles. The predicted octanol–water partition coefficient (Wildman–Crippen LogP) is 3.56. The van der Waals surface area contributed by atoms with Gasteiger partial charge in [-0.3, -0.25) is 9.59 Å². The lowest BCUT2D eigenvalue weighted by atomic mass is 9.79. The van der Waals surface area contributed by atoms with E-state index < -0.39 is 11.5 Å². The second-order valence-corrected chi connectivity index (χ2v) is 6.26. The molecule has 0 aliphatic heterocycles. The van der Waals surface area contributed by atoms with Crippen molar-refractivity contribution in [1.82, 2.24) is 5.32 Å². The summed E-state index contributed by atoms with van der Waals surface area (Å²) < 4.78 is 0. The molecule has 114 valence electrons. The standard InChI is InChI=1S/C16H20ClNO3/c1-11-5-6-12(13(17)9-11)15(21)18-16(10-14(19)20)7-3-2-4-8-16/h5-6,9H,2-4,7-8,10H2,1H3,(H,18,21)(H,19,20). The van der Waals surface area contributed by atoms with Crippen molar-refractivity contribution < 1.29 is 14.7 Å². The zero-order valence-corrected chi connectivity index (χ0v) is 12.9. The SMILES string of the molecule is Cc1ccc(C(=O)NC2(CC(=O)O)CCCCC2)c(Cl)c1. The first-order valence-corrected chi connectivity index (χ1v) is 7.60. The maximum atomic E-state index is 12.4. The minimum atomic E-state index is -0.882. The number of rotatable bonds is 4. The summed E-state index contributed by atoms with van der Waals surface area (Å²) in [6, 6.07) is 5.25. The molecule has 1 aliphatic carbocycles. The molecule has 5 heteroatoms. The van der Waals surface area contributed by atoms with E-state index >= 15 is 0 Å². The van der Waals surface area contributed by atoms with Crippen molar-refractivity contribution >= 4 is 23.5 Å². The Morgan fingerprint density at radius 2 is 1.95 bits per heavy atom. The van der Waals surface area contributed by atoms with Crippen LogP contribution in [0.25, 0.3) is 0 Å². The van der Waals surface area contributed by atoms with E-state index in [1.165, 1.54) is 0 Å². The Morgan fingerprint density at radius 3 is 2.52 bits per heavy atom. The highest BCUT2D eigenvalue weighted by Gasteiger charge is 2.36. The van der Waals surface area contributed by atoms with E-state index in [9.17, 15) is 9.59 Å². The van der Waals surface area contributed by atoms with Crippen molar-refractivity contribution in [2.75, 3.05) is 0 Å². The molecule has 1 amide bonds. The molecule has 1 aromatic rings. The number of carbonyl (C=O) groups is 2. The maximum Gasteiger partial charge on any atom is 0.305 e. The fraction of sp³-hybridized carbons (Fsp3) is 0.500. The average Bonchev–Trinajstić information content (AvgIpc) is 2.38. The first kappa shape index (κ1) is 15.8. The average molecular weight is 310 g/mol. The van der Waals surface area contributed by atoms with Crippen LogP contribution >= 0.6 is 11.6 Å². The Kier molecular flexibility index (Phi) is 4.88. The van der Waals surface area contributed by atoms with E-state index in [1.807, 2.05) is 13.0 Å². The van der Waals surface area contributed by atoms with Gasteiger partial charge in [0.05, 0.1) is 22.5 Å². The molecule has 0 aromatic heterocycles. The third-order valence-electron chi connectivity index (χ3n) is 4.05. The zero-order chi connectivity index (χ0) is 15.5. The molecule has 21 heavy (non-hydrogen) atoms. The molecule has 0 heterocycles. The molecule has 1 saturated carbocycles. The van der Waals surface area contributed by atoms with Crippen LogP contribution in [0.15, 0.2) is 18.2 Å². The fourth-order valence-electron chi connectivity index (χ4n) is 2.98. The number of carboxylic acid groups (broad SMARTS) is 1. The molecule has 0 unspecified atom stereocenters. The largest absolute Gasteiger partial charge is 0.481 e. The molecule has 0 radical (unpaired) electrons. The van der Waals surface area contributed by atoms with Crippen molar-refractivity contribution in [2.45, 2.75) is 51.0 Å². The molecular weight excluding hydrogens is 290 g/mol. The van der Waals surface area contributed by atoms with Crippen LogP contribution in [0, 0.1) is 6.92 Å². The van der Waals surface area contributed by atoms with Gasteiger partial charge in [-0.1, -0.05) is 36.9 Å². The quantitative estimate of drug-likeness (QED) is 0.893. The third kappa shape index (κ3) is 3.97. The topological polar surface area (TPSA) is 66.4 Å².